The number of carbonyl (C=O) groups is 1. The quantitative estimate of drug-likeness (QED) is 0.529. The second-order valence-corrected chi connectivity index (χ2v) is 9.87. The summed E-state index contributed by atoms with van der Waals surface area (Å²) < 4.78 is 39.5. The third-order valence-electron chi connectivity index (χ3n) is 8.99. The second-order valence-electron chi connectivity index (χ2n) is 9.87. The van der Waals surface area contributed by atoms with Crippen molar-refractivity contribution in [2.24, 2.45) is 23.2 Å². The first-order valence-corrected chi connectivity index (χ1v) is 9.92. The molecule has 0 aromatic carbocycles. The molecule has 5 fully saturated rings. The molecule has 0 N–H and O–H groups in total. The van der Waals surface area contributed by atoms with Crippen molar-refractivity contribution in [1.29, 1.82) is 0 Å². The number of fused-ring (bicyclic) bond motifs is 4. The maximum Gasteiger partial charge on any atom is 0.334 e. The number of halogens is 1. The lowest BCUT2D eigenvalue weighted by molar-refractivity contribution is -0.363. The van der Waals surface area contributed by atoms with Crippen LogP contribution in [0.2, 0.25) is 0 Å². The predicted molar refractivity (Wildman–Crippen MR) is 85.7 cm³/mol. The summed E-state index contributed by atoms with van der Waals surface area (Å²) in [4.78, 5) is 12.1. The molecule has 5 nitrogen and oxygen atoms in total. The Bertz CT molecular complexity index is 823. The maximum atomic E-state index is 15.6. The first-order chi connectivity index (χ1) is 12.3. The molecule has 4 aliphatic heterocycles. The van der Waals surface area contributed by atoms with E-state index in [1.165, 1.54) is 0 Å². The number of ether oxygens (including phenoxy) is 4. The van der Waals surface area contributed by atoms with Crippen molar-refractivity contribution in [2.75, 3.05) is 6.61 Å². The van der Waals surface area contributed by atoms with Gasteiger partial charge >= 0.3 is 5.97 Å². The van der Waals surface area contributed by atoms with E-state index in [2.05, 4.69) is 6.92 Å². The Morgan fingerprint density at radius 3 is 2.81 bits per heavy atom. The molecule has 2 saturated carbocycles. The molecule has 2 spiro atoms. The zero-order chi connectivity index (χ0) is 17.9. The summed E-state index contributed by atoms with van der Waals surface area (Å²) in [5.41, 5.74) is 0.860. The third kappa shape index (κ3) is 1.14. The maximum absolute atomic E-state index is 15.6. The van der Waals surface area contributed by atoms with E-state index in [9.17, 15) is 4.79 Å². The molecule has 6 heteroatoms. The van der Waals surface area contributed by atoms with E-state index in [1.54, 1.807) is 0 Å². The average molecular weight is 362 g/mol. The summed E-state index contributed by atoms with van der Waals surface area (Å²) in [5.74, 6) is -1.98. The Morgan fingerprint density at radius 1 is 1.23 bits per heavy atom. The van der Waals surface area contributed by atoms with Gasteiger partial charge in [-0.1, -0.05) is 20.8 Å². The molecule has 7 rings (SSSR count). The SMILES string of the molecule is CC(C)[C@]1(F)O[C@@H]2C1[C@]13O[C@H]1C[C@H]1C4=C(CC[C@]1(C)[C@@]31O[C@@H]21)C(=O)OC4. The summed E-state index contributed by atoms with van der Waals surface area (Å²) in [5, 5.41) is 0. The van der Waals surface area contributed by atoms with Crippen LogP contribution in [0.15, 0.2) is 11.1 Å². The fourth-order valence-corrected chi connectivity index (χ4v) is 7.74. The number of hydrogen-bond donors (Lipinski definition) is 0. The van der Waals surface area contributed by atoms with E-state index < -0.39 is 17.1 Å². The average Bonchev–Trinajstić information content (AvgIpc) is 3.42. The zero-order valence-electron chi connectivity index (χ0n) is 15.2. The molecule has 4 heterocycles. The molecule has 3 saturated heterocycles. The predicted octanol–water partition coefficient (Wildman–Crippen LogP) is 2.29. The highest BCUT2D eigenvalue weighted by Crippen LogP contribution is 2.85. The molecule has 9 atom stereocenters. The van der Waals surface area contributed by atoms with Crippen LogP contribution in [-0.4, -0.2) is 47.9 Å². The third-order valence-corrected chi connectivity index (χ3v) is 8.99. The van der Waals surface area contributed by atoms with Gasteiger partial charge in [-0.3, -0.25) is 0 Å². The molecule has 1 unspecified atom stereocenters. The molecule has 0 radical (unpaired) electrons. The molecule has 0 aromatic heterocycles. The highest BCUT2D eigenvalue weighted by molar-refractivity contribution is 5.92. The normalized spacial score (nSPS) is 63.1. The number of cyclic esters (lactones) is 1. The van der Waals surface area contributed by atoms with Crippen LogP contribution < -0.4 is 0 Å². The summed E-state index contributed by atoms with van der Waals surface area (Å²) in [6.07, 6.45) is 2.15. The van der Waals surface area contributed by atoms with Crippen molar-refractivity contribution in [3.8, 4) is 0 Å². The lowest BCUT2D eigenvalue weighted by atomic mass is 9.50. The molecular weight excluding hydrogens is 339 g/mol. The molecule has 0 aromatic rings. The van der Waals surface area contributed by atoms with Gasteiger partial charge in [-0.2, -0.15) is 0 Å². The summed E-state index contributed by atoms with van der Waals surface area (Å²) >= 11 is 0. The van der Waals surface area contributed by atoms with Crippen molar-refractivity contribution in [1.82, 2.24) is 0 Å². The molecule has 0 bridgehead atoms. The number of rotatable bonds is 1. The van der Waals surface area contributed by atoms with Crippen LogP contribution in [0.3, 0.4) is 0 Å². The molecule has 26 heavy (non-hydrogen) atoms. The van der Waals surface area contributed by atoms with E-state index in [-0.39, 0.29) is 47.4 Å². The minimum absolute atomic E-state index is 0.000835. The fourth-order valence-electron chi connectivity index (χ4n) is 7.74. The summed E-state index contributed by atoms with van der Waals surface area (Å²) in [6, 6.07) is 0. The number of epoxide rings is 2. The van der Waals surface area contributed by atoms with E-state index in [1.807, 2.05) is 13.8 Å². The van der Waals surface area contributed by atoms with Crippen LogP contribution in [0.5, 0.6) is 0 Å². The highest BCUT2D eigenvalue weighted by Gasteiger charge is 3.01. The summed E-state index contributed by atoms with van der Waals surface area (Å²) in [7, 11) is 0. The first-order valence-electron chi connectivity index (χ1n) is 9.92. The molecule has 7 aliphatic rings. The summed E-state index contributed by atoms with van der Waals surface area (Å²) in [6.45, 7) is 6.43. The fraction of sp³-hybridized carbons (Fsp3) is 0.850. The van der Waals surface area contributed by atoms with E-state index in [0.717, 1.165) is 30.4 Å². The standard InChI is InChI=1S/C20H23FO5/c1-8(2)19(21)14-13(25-19)15-20(26-15)17(3)5-4-9-10(7-23-16(9)22)11(17)6-12-18(14,20)24-12/h8,11-15H,4-7H2,1-3H3/t11-,12-,13+,14?,15-,17-,18+,19-,20+/m0/s1. The Kier molecular flexibility index (Phi) is 2.18. The van der Waals surface area contributed by atoms with Gasteiger partial charge in [0.05, 0.1) is 12.0 Å². The van der Waals surface area contributed by atoms with Gasteiger partial charge in [0.2, 0.25) is 5.85 Å². The van der Waals surface area contributed by atoms with Gasteiger partial charge in [-0.05, 0) is 30.8 Å². The van der Waals surface area contributed by atoms with Gasteiger partial charge in [0.1, 0.15) is 30.0 Å². The lowest BCUT2D eigenvalue weighted by Crippen LogP contribution is -2.67. The van der Waals surface area contributed by atoms with Gasteiger partial charge in [0, 0.05) is 16.9 Å². The Balaban J connectivity index is 1.37. The van der Waals surface area contributed by atoms with Gasteiger partial charge in [0.25, 0.3) is 0 Å². The monoisotopic (exact) mass is 362 g/mol. The molecule has 3 aliphatic carbocycles. The topological polar surface area (TPSA) is 60.6 Å². The largest absolute Gasteiger partial charge is 0.458 e. The molecular formula is C20H23FO5. The number of alkyl halides is 1. The minimum Gasteiger partial charge on any atom is -0.458 e. The van der Waals surface area contributed by atoms with Gasteiger partial charge in [-0.25, -0.2) is 9.18 Å². The number of hydrogen-bond acceptors (Lipinski definition) is 5. The second kappa shape index (κ2) is 3.78. The van der Waals surface area contributed by atoms with Crippen molar-refractivity contribution in [3.63, 3.8) is 0 Å². The smallest absolute Gasteiger partial charge is 0.334 e. The highest BCUT2D eigenvalue weighted by atomic mass is 19.2. The van der Waals surface area contributed by atoms with Gasteiger partial charge in [0.15, 0.2) is 0 Å². The minimum atomic E-state index is -1.61. The van der Waals surface area contributed by atoms with Crippen LogP contribution in [0.1, 0.15) is 40.0 Å². The van der Waals surface area contributed by atoms with E-state index in [0.29, 0.717) is 6.61 Å². The van der Waals surface area contributed by atoms with E-state index in [4.69, 9.17) is 18.9 Å². The van der Waals surface area contributed by atoms with Crippen LogP contribution >= 0.6 is 0 Å². The molecule has 0 amide bonds. The van der Waals surface area contributed by atoms with Crippen molar-refractivity contribution in [3.05, 3.63) is 11.1 Å². The number of esters is 1. The lowest BCUT2D eigenvalue weighted by Gasteiger charge is -2.55. The Hall–Kier alpha value is -0.980. The van der Waals surface area contributed by atoms with Crippen LogP contribution in [0.25, 0.3) is 0 Å². The van der Waals surface area contributed by atoms with E-state index >= 15 is 4.39 Å². The van der Waals surface area contributed by atoms with Crippen LogP contribution in [-0.2, 0) is 23.7 Å². The Morgan fingerprint density at radius 2 is 2.04 bits per heavy atom. The first kappa shape index (κ1) is 15.0. The number of carbonyl (C=O) groups excluding carboxylic acids is 1. The zero-order valence-corrected chi connectivity index (χ0v) is 15.2. The van der Waals surface area contributed by atoms with Crippen LogP contribution in [0.4, 0.5) is 4.39 Å². The van der Waals surface area contributed by atoms with Crippen molar-refractivity contribution < 1.29 is 28.1 Å². The molecule has 140 valence electrons. The van der Waals surface area contributed by atoms with Crippen LogP contribution in [0, 0.1) is 23.2 Å². The van der Waals surface area contributed by atoms with Crippen molar-refractivity contribution >= 4 is 5.97 Å². The van der Waals surface area contributed by atoms with Gasteiger partial charge < -0.3 is 18.9 Å². The van der Waals surface area contributed by atoms with Gasteiger partial charge in [-0.15, -0.1) is 0 Å². The van der Waals surface area contributed by atoms with Crippen molar-refractivity contribution in [2.45, 2.75) is 75.4 Å². The Labute approximate surface area is 151 Å².